The summed E-state index contributed by atoms with van der Waals surface area (Å²) in [6.07, 6.45) is 5.17. The van der Waals surface area contributed by atoms with E-state index in [0.29, 0.717) is 45.2 Å². The lowest BCUT2D eigenvalue weighted by Crippen LogP contribution is -2.57. The molecule has 0 aromatic heterocycles. The Morgan fingerprint density at radius 2 is 1.74 bits per heavy atom. The molecule has 2 saturated heterocycles. The van der Waals surface area contributed by atoms with Crippen molar-refractivity contribution in [3.63, 3.8) is 0 Å². The molecule has 0 unspecified atom stereocenters. The summed E-state index contributed by atoms with van der Waals surface area (Å²) in [5, 5.41) is 11.3. The van der Waals surface area contributed by atoms with E-state index in [4.69, 9.17) is 9.47 Å². The van der Waals surface area contributed by atoms with Gasteiger partial charge in [-0.05, 0) is 43.4 Å². The van der Waals surface area contributed by atoms with Crippen LogP contribution in [0.4, 0.5) is 5.69 Å². The summed E-state index contributed by atoms with van der Waals surface area (Å²) < 4.78 is 10.7. The Bertz CT molecular complexity index is 1240. The molecule has 4 amide bonds. The lowest BCUT2D eigenvalue weighted by Gasteiger charge is -2.27. The topological polar surface area (TPSA) is 158 Å². The normalized spacial score (nSPS) is 23.9. The highest BCUT2D eigenvalue weighted by molar-refractivity contribution is 6.00. The van der Waals surface area contributed by atoms with E-state index in [-0.39, 0.29) is 37.0 Å². The third-order valence-corrected chi connectivity index (χ3v) is 8.88. The molecule has 4 atom stereocenters. The zero-order valence-electron chi connectivity index (χ0n) is 25.0. The van der Waals surface area contributed by atoms with E-state index < -0.39 is 35.5 Å². The van der Waals surface area contributed by atoms with Crippen molar-refractivity contribution < 1.29 is 33.4 Å². The van der Waals surface area contributed by atoms with Crippen molar-refractivity contribution in [2.24, 2.45) is 5.92 Å². The first-order chi connectivity index (χ1) is 20.6. The van der Waals surface area contributed by atoms with Gasteiger partial charge in [-0.25, -0.2) is 0 Å². The van der Waals surface area contributed by atoms with Crippen molar-refractivity contribution in [1.29, 1.82) is 0 Å². The lowest BCUT2D eigenvalue weighted by atomic mass is 9.90. The van der Waals surface area contributed by atoms with Gasteiger partial charge in [-0.3, -0.25) is 28.9 Å². The minimum Gasteiger partial charge on any atom is -0.379 e. The zero-order chi connectivity index (χ0) is 30.6. The van der Waals surface area contributed by atoms with Gasteiger partial charge in [-0.2, -0.15) is 0 Å². The molecule has 1 aliphatic carbocycles. The number of benzene rings is 1. The third-order valence-electron chi connectivity index (χ3n) is 8.88. The second-order valence-corrected chi connectivity index (χ2v) is 12.5. The number of morpholine rings is 1. The van der Waals surface area contributed by atoms with E-state index in [1.54, 1.807) is 19.9 Å². The van der Waals surface area contributed by atoms with Crippen molar-refractivity contribution in [3.05, 3.63) is 29.3 Å². The number of fused-ring (bicyclic) bond motifs is 1. The van der Waals surface area contributed by atoms with Gasteiger partial charge in [0.1, 0.15) is 17.7 Å². The van der Waals surface area contributed by atoms with Crippen LogP contribution in [-0.4, -0.2) is 97.5 Å². The Balaban J connectivity index is 1.28. The molecule has 3 fully saturated rings. The van der Waals surface area contributed by atoms with Crippen LogP contribution in [0.25, 0.3) is 0 Å². The van der Waals surface area contributed by atoms with Crippen LogP contribution in [0.15, 0.2) is 18.2 Å². The van der Waals surface area contributed by atoms with Gasteiger partial charge >= 0.3 is 0 Å². The van der Waals surface area contributed by atoms with E-state index in [9.17, 15) is 24.0 Å². The SMILES string of the molecule is C[C@H](NC(=O)CN1CCOCC1)C(=O)N[C@@H](Cc1ccc2c(c1)CC(=O)N2)C(=O)N[C@@H](CC1CCCC1)C(=O)[C@]1(C)CO1. The maximum Gasteiger partial charge on any atom is 0.243 e. The number of nitrogens with zero attached hydrogens (tertiary/aromatic N) is 1. The van der Waals surface area contributed by atoms with Crippen LogP contribution in [0, 0.1) is 5.92 Å². The highest BCUT2D eigenvalue weighted by Gasteiger charge is 2.50. The molecular weight excluding hydrogens is 554 g/mol. The van der Waals surface area contributed by atoms with E-state index in [0.717, 1.165) is 42.5 Å². The summed E-state index contributed by atoms with van der Waals surface area (Å²) in [6.45, 7) is 6.19. The van der Waals surface area contributed by atoms with Crippen LogP contribution >= 0.6 is 0 Å². The fourth-order valence-electron chi connectivity index (χ4n) is 6.17. The number of anilines is 1. The van der Waals surface area contributed by atoms with Gasteiger partial charge < -0.3 is 30.7 Å². The molecule has 0 spiro atoms. The number of hydrogen-bond donors (Lipinski definition) is 4. The molecule has 43 heavy (non-hydrogen) atoms. The van der Waals surface area contributed by atoms with Gasteiger partial charge in [0.05, 0.1) is 38.8 Å². The number of ketones is 1. The number of hydrogen-bond acceptors (Lipinski definition) is 8. The molecule has 0 bridgehead atoms. The number of nitrogens with one attached hydrogen (secondary N) is 4. The molecule has 5 rings (SSSR count). The fourth-order valence-corrected chi connectivity index (χ4v) is 6.17. The first-order valence-electron chi connectivity index (χ1n) is 15.4. The molecule has 1 saturated carbocycles. The van der Waals surface area contributed by atoms with Crippen molar-refractivity contribution in [1.82, 2.24) is 20.9 Å². The van der Waals surface area contributed by atoms with Gasteiger partial charge in [0.25, 0.3) is 0 Å². The number of carbonyl (C=O) groups is 5. The number of amides is 4. The fraction of sp³-hybridized carbons (Fsp3) is 0.645. The summed E-state index contributed by atoms with van der Waals surface area (Å²) in [6, 6.07) is 2.83. The van der Waals surface area contributed by atoms with Gasteiger partial charge in [0.15, 0.2) is 5.78 Å². The zero-order valence-corrected chi connectivity index (χ0v) is 25.0. The predicted octanol–water partition coefficient (Wildman–Crippen LogP) is 0.469. The number of epoxide rings is 1. The van der Waals surface area contributed by atoms with Crippen molar-refractivity contribution in [2.45, 2.75) is 82.5 Å². The molecular formula is C31H43N5O7. The number of Topliss-reactive ketones (excluding diaryl/α,β-unsaturated/α-hetero) is 1. The van der Waals surface area contributed by atoms with Crippen LogP contribution < -0.4 is 21.3 Å². The van der Waals surface area contributed by atoms with Crippen LogP contribution in [0.2, 0.25) is 0 Å². The Morgan fingerprint density at radius 1 is 1.05 bits per heavy atom. The maximum absolute atomic E-state index is 13.8. The van der Waals surface area contributed by atoms with Crippen molar-refractivity contribution >= 4 is 35.1 Å². The van der Waals surface area contributed by atoms with E-state index in [2.05, 4.69) is 21.3 Å². The molecule has 4 N–H and O–H groups in total. The van der Waals surface area contributed by atoms with Gasteiger partial charge in [0.2, 0.25) is 23.6 Å². The average molecular weight is 598 g/mol. The summed E-state index contributed by atoms with van der Waals surface area (Å²) in [4.78, 5) is 66.9. The average Bonchev–Trinajstić information content (AvgIpc) is 3.34. The molecule has 12 heteroatoms. The summed E-state index contributed by atoms with van der Waals surface area (Å²) in [7, 11) is 0. The minimum atomic E-state index is -1.01. The smallest absolute Gasteiger partial charge is 0.243 e. The molecule has 1 aromatic rings. The highest BCUT2D eigenvalue weighted by atomic mass is 16.6. The summed E-state index contributed by atoms with van der Waals surface area (Å²) >= 11 is 0. The Hall–Kier alpha value is -3.35. The standard InChI is InChI=1S/C31H43N5O7/c1-19(32-27(38)17-36-9-11-42-12-10-36)29(40)35-25(15-21-7-8-23-22(13-21)16-26(37)33-23)30(41)34-24(14-20-5-3-4-6-20)28(39)31(2)18-43-31/h7-8,13,19-20,24-25H,3-6,9-12,14-18H2,1-2H3,(H,32,38)(H,33,37)(H,34,41)(H,35,40)/t19-,24-,25-,31-/m0/s1. The van der Waals surface area contributed by atoms with Crippen LogP contribution in [0.1, 0.15) is 57.1 Å². The molecule has 1 aromatic carbocycles. The Kier molecular flexibility index (Phi) is 9.78. The lowest BCUT2D eigenvalue weighted by molar-refractivity contribution is -0.134. The van der Waals surface area contributed by atoms with E-state index in [1.807, 2.05) is 17.0 Å². The highest BCUT2D eigenvalue weighted by Crippen LogP contribution is 2.33. The van der Waals surface area contributed by atoms with E-state index in [1.165, 1.54) is 0 Å². The summed E-state index contributed by atoms with van der Waals surface area (Å²) in [5.41, 5.74) is 1.42. The Morgan fingerprint density at radius 3 is 2.44 bits per heavy atom. The molecule has 4 aliphatic rings. The first kappa shape index (κ1) is 31.1. The summed E-state index contributed by atoms with van der Waals surface area (Å²) in [5.74, 6) is -1.18. The minimum absolute atomic E-state index is 0.0968. The largest absolute Gasteiger partial charge is 0.379 e. The second kappa shape index (κ2) is 13.5. The maximum atomic E-state index is 13.8. The van der Waals surface area contributed by atoms with Crippen molar-refractivity contribution in [3.8, 4) is 0 Å². The second-order valence-electron chi connectivity index (χ2n) is 12.5. The quantitative estimate of drug-likeness (QED) is 0.239. The molecule has 0 radical (unpaired) electrons. The number of ether oxygens (including phenoxy) is 2. The van der Waals surface area contributed by atoms with Crippen LogP contribution in [0.5, 0.6) is 0 Å². The number of carbonyl (C=O) groups excluding carboxylic acids is 5. The molecule has 12 nitrogen and oxygen atoms in total. The van der Waals surface area contributed by atoms with Gasteiger partial charge in [-0.1, -0.05) is 37.8 Å². The molecule has 3 heterocycles. The van der Waals surface area contributed by atoms with Crippen LogP contribution in [0.3, 0.4) is 0 Å². The van der Waals surface area contributed by atoms with Gasteiger partial charge in [-0.15, -0.1) is 0 Å². The molecule has 3 aliphatic heterocycles. The number of rotatable bonds is 13. The van der Waals surface area contributed by atoms with Crippen LogP contribution in [-0.2, 0) is 46.3 Å². The first-order valence-corrected chi connectivity index (χ1v) is 15.4. The molecule has 234 valence electrons. The predicted molar refractivity (Wildman–Crippen MR) is 157 cm³/mol. The Labute approximate surface area is 252 Å². The van der Waals surface area contributed by atoms with E-state index >= 15 is 0 Å². The monoisotopic (exact) mass is 597 g/mol. The van der Waals surface area contributed by atoms with Crippen molar-refractivity contribution in [2.75, 3.05) is 44.8 Å². The third kappa shape index (κ3) is 8.18. The van der Waals surface area contributed by atoms with Gasteiger partial charge in [0, 0.05) is 25.2 Å².